The van der Waals surface area contributed by atoms with Crippen LogP contribution in [-0.2, 0) is 19.6 Å². The van der Waals surface area contributed by atoms with Gasteiger partial charge in [0.05, 0.1) is 29.2 Å². The second-order valence-corrected chi connectivity index (χ2v) is 11.9. The Bertz CT molecular complexity index is 1480. The minimum Gasteiger partial charge on any atom is -0.345 e. The number of imidazole rings is 1. The fourth-order valence-electron chi connectivity index (χ4n) is 4.70. The summed E-state index contributed by atoms with van der Waals surface area (Å²) in [5, 5.41) is 2.70. The molecular weight excluding hydrogens is 540 g/mol. The van der Waals surface area contributed by atoms with E-state index in [1.807, 2.05) is 13.8 Å². The molecule has 0 unspecified atom stereocenters. The number of H-pyrrole nitrogens is 1. The number of aromatic amines is 1. The molecule has 0 spiro atoms. The van der Waals surface area contributed by atoms with Crippen LogP contribution in [0.1, 0.15) is 57.0 Å². The van der Waals surface area contributed by atoms with Gasteiger partial charge in [0, 0.05) is 24.2 Å². The first-order valence-corrected chi connectivity index (χ1v) is 14.6. The van der Waals surface area contributed by atoms with Gasteiger partial charge in [-0.05, 0) is 64.3 Å². The number of hydrogen-bond donors (Lipinski definition) is 3. The maximum absolute atomic E-state index is 14.2. The van der Waals surface area contributed by atoms with Crippen LogP contribution in [0.4, 0.5) is 8.78 Å². The van der Waals surface area contributed by atoms with E-state index < -0.39 is 39.6 Å². The molecule has 3 aromatic rings. The first-order valence-electron chi connectivity index (χ1n) is 13.1. The number of aromatic nitrogens is 2. The number of rotatable bonds is 9. The normalized spacial score (nSPS) is 17.3. The van der Waals surface area contributed by atoms with Gasteiger partial charge < -0.3 is 15.2 Å². The molecule has 3 N–H and O–H groups in total. The van der Waals surface area contributed by atoms with Gasteiger partial charge in [0.15, 0.2) is 0 Å². The quantitative estimate of drug-likeness (QED) is 0.357. The van der Waals surface area contributed by atoms with E-state index >= 15 is 0 Å². The molecule has 1 saturated heterocycles. The lowest BCUT2D eigenvalue weighted by atomic mass is 10.0. The highest BCUT2D eigenvalue weighted by Crippen LogP contribution is 2.24. The summed E-state index contributed by atoms with van der Waals surface area (Å²) in [6.45, 7) is 5.92. The summed E-state index contributed by atoms with van der Waals surface area (Å²) in [5.74, 6) is -2.26. The van der Waals surface area contributed by atoms with Crippen molar-refractivity contribution < 1.29 is 26.8 Å². The summed E-state index contributed by atoms with van der Waals surface area (Å²) in [6, 6.07) is 7.15. The van der Waals surface area contributed by atoms with Crippen LogP contribution in [-0.4, -0.2) is 53.7 Å². The number of sulfonamides is 1. The average molecular weight is 574 g/mol. The number of likely N-dealkylation sites (tertiary alicyclic amines) is 1. The van der Waals surface area contributed by atoms with Crippen LogP contribution in [0.25, 0.3) is 11.3 Å². The van der Waals surface area contributed by atoms with Crippen LogP contribution in [0.5, 0.6) is 0 Å². The fourth-order valence-corrected chi connectivity index (χ4v) is 5.90. The van der Waals surface area contributed by atoms with Gasteiger partial charge in [-0.2, -0.15) is 4.72 Å². The van der Waals surface area contributed by atoms with Crippen LogP contribution in [0, 0.1) is 18.6 Å². The molecule has 4 rings (SSSR count). The number of hydrogen-bond acceptors (Lipinski definition) is 5. The molecule has 1 aliphatic heterocycles. The molecule has 0 bridgehead atoms. The first kappa shape index (κ1) is 29.3. The second-order valence-electron chi connectivity index (χ2n) is 10.2. The van der Waals surface area contributed by atoms with Crippen molar-refractivity contribution in [2.75, 3.05) is 6.54 Å². The molecule has 2 aromatic carbocycles. The molecule has 9 nitrogen and oxygen atoms in total. The van der Waals surface area contributed by atoms with Crippen molar-refractivity contribution in [1.29, 1.82) is 0 Å². The van der Waals surface area contributed by atoms with Crippen molar-refractivity contribution in [3.63, 3.8) is 0 Å². The van der Waals surface area contributed by atoms with Crippen LogP contribution in [0.3, 0.4) is 0 Å². The van der Waals surface area contributed by atoms with Gasteiger partial charge >= 0.3 is 0 Å². The van der Waals surface area contributed by atoms with E-state index in [0.717, 1.165) is 37.0 Å². The van der Waals surface area contributed by atoms with E-state index in [4.69, 9.17) is 0 Å². The van der Waals surface area contributed by atoms with Crippen LogP contribution in [0.15, 0.2) is 53.6 Å². The summed E-state index contributed by atoms with van der Waals surface area (Å²) in [6.07, 6.45) is 3.67. The van der Waals surface area contributed by atoms with E-state index in [9.17, 15) is 26.8 Å². The third kappa shape index (κ3) is 6.92. The largest absolute Gasteiger partial charge is 0.345 e. The van der Waals surface area contributed by atoms with E-state index in [2.05, 4.69) is 20.0 Å². The molecule has 2 heterocycles. The topological polar surface area (TPSA) is 124 Å². The van der Waals surface area contributed by atoms with E-state index in [1.165, 1.54) is 24.4 Å². The van der Waals surface area contributed by atoms with Gasteiger partial charge in [-0.25, -0.2) is 22.2 Å². The van der Waals surface area contributed by atoms with Crippen molar-refractivity contribution in [3.05, 3.63) is 71.7 Å². The second kappa shape index (κ2) is 12.3. The predicted octanol–water partition coefficient (Wildman–Crippen LogP) is 3.98. The summed E-state index contributed by atoms with van der Waals surface area (Å²) in [4.78, 5) is 35.4. The summed E-state index contributed by atoms with van der Waals surface area (Å²) >= 11 is 0. The molecule has 1 fully saturated rings. The van der Waals surface area contributed by atoms with Crippen LogP contribution < -0.4 is 10.0 Å². The SMILES string of the molecule is Cc1ccc(S(=O)(=O)N[C@@H](CC(=O)N2CCCC[C@@H]2C)C(=O)N[C@@H](C)c2ncc(-c3ccc(F)cc3F)[nH]2)cc1. The van der Waals surface area contributed by atoms with Gasteiger partial charge in [-0.15, -0.1) is 0 Å². The zero-order chi connectivity index (χ0) is 29.0. The molecule has 3 atom stereocenters. The van der Waals surface area contributed by atoms with Crippen LogP contribution in [0.2, 0.25) is 0 Å². The smallest absolute Gasteiger partial charge is 0.241 e. The Labute approximate surface area is 232 Å². The Balaban J connectivity index is 1.53. The molecule has 1 aromatic heterocycles. The Hall–Kier alpha value is -3.64. The van der Waals surface area contributed by atoms with E-state index in [1.54, 1.807) is 24.0 Å². The molecule has 40 heavy (non-hydrogen) atoms. The molecule has 2 amide bonds. The van der Waals surface area contributed by atoms with Crippen molar-refractivity contribution in [2.24, 2.45) is 0 Å². The summed E-state index contributed by atoms with van der Waals surface area (Å²) in [7, 11) is -4.13. The Morgan fingerprint density at radius 1 is 1.15 bits per heavy atom. The summed E-state index contributed by atoms with van der Waals surface area (Å²) in [5.41, 5.74) is 1.25. The molecule has 0 aliphatic carbocycles. The molecule has 214 valence electrons. The maximum atomic E-state index is 14.2. The highest BCUT2D eigenvalue weighted by Gasteiger charge is 2.32. The van der Waals surface area contributed by atoms with Crippen molar-refractivity contribution in [3.8, 4) is 11.3 Å². The first-order chi connectivity index (χ1) is 18.9. The van der Waals surface area contributed by atoms with Crippen molar-refractivity contribution in [1.82, 2.24) is 24.9 Å². The minimum atomic E-state index is -4.13. The molecule has 0 saturated carbocycles. The number of nitrogens with one attached hydrogen (secondary N) is 3. The maximum Gasteiger partial charge on any atom is 0.241 e. The number of amides is 2. The fraction of sp³-hybridized carbons (Fsp3) is 0.393. The van der Waals surface area contributed by atoms with Gasteiger partial charge in [-0.1, -0.05) is 17.7 Å². The standard InChI is InChI=1S/C28H33F2N5O4S/c1-17-7-10-21(11-8-17)40(38,39)34-24(15-26(36)35-13-5-4-6-18(35)2)28(37)32-19(3)27-31-16-25(33-27)22-12-9-20(29)14-23(22)30/h7-12,14,16,18-19,24,34H,4-6,13,15H2,1-3H3,(H,31,33)(H,32,37)/t18-,19-,24-/m0/s1. The molecule has 12 heteroatoms. The molecule has 0 radical (unpaired) electrons. The predicted molar refractivity (Wildman–Crippen MR) is 145 cm³/mol. The number of carbonyl (C=O) groups is 2. The van der Waals surface area contributed by atoms with Gasteiger partial charge in [0.1, 0.15) is 23.5 Å². The molecular formula is C28H33F2N5O4S. The third-order valence-corrected chi connectivity index (χ3v) is 8.52. The number of benzene rings is 2. The lowest BCUT2D eigenvalue weighted by Crippen LogP contribution is -2.51. The Morgan fingerprint density at radius 3 is 2.55 bits per heavy atom. The Morgan fingerprint density at radius 2 is 1.88 bits per heavy atom. The molecule has 1 aliphatic rings. The number of carbonyl (C=O) groups excluding carboxylic acids is 2. The zero-order valence-corrected chi connectivity index (χ0v) is 23.4. The Kier molecular flexibility index (Phi) is 8.99. The van der Waals surface area contributed by atoms with Crippen LogP contribution >= 0.6 is 0 Å². The van der Waals surface area contributed by atoms with Crippen molar-refractivity contribution >= 4 is 21.8 Å². The lowest BCUT2D eigenvalue weighted by molar-refractivity contribution is -0.137. The van der Waals surface area contributed by atoms with Gasteiger partial charge in [0.2, 0.25) is 21.8 Å². The third-order valence-electron chi connectivity index (χ3n) is 7.03. The lowest BCUT2D eigenvalue weighted by Gasteiger charge is -2.34. The van der Waals surface area contributed by atoms with E-state index in [-0.39, 0.29) is 40.3 Å². The summed E-state index contributed by atoms with van der Waals surface area (Å²) < 4.78 is 56.2. The number of nitrogens with zero attached hydrogens (tertiary/aromatic N) is 2. The van der Waals surface area contributed by atoms with Gasteiger partial charge in [-0.3, -0.25) is 9.59 Å². The van der Waals surface area contributed by atoms with E-state index in [0.29, 0.717) is 6.54 Å². The highest BCUT2D eigenvalue weighted by molar-refractivity contribution is 7.89. The minimum absolute atomic E-state index is 0.00835. The van der Waals surface area contributed by atoms with Gasteiger partial charge in [0.25, 0.3) is 0 Å². The monoisotopic (exact) mass is 573 g/mol. The number of piperidine rings is 1. The highest BCUT2D eigenvalue weighted by atomic mass is 32.2. The average Bonchev–Trinajstić information content (AvgIpc) is 3.39. The number of aryl methyl sites for hydroxylation is 1. The zero-order valence-electron chi connectivity index (χ0n) is 22.6. The van der Waals surface area contributed by atoms with Crippen molar-refractivity contribution in [2.45, 2.75) is 69.5 Å². The number of halogens is 2.